The number of Topliss-reactive ketones (excluding diaryl/α,β-unsaturated/α-hetero) is 1. The number of allylic oxidation sites excluding steroid dienone is 1. The summed E-state index contributed by atoms with van der Waals surface area (Å²) in [5.74, 6) is -3.06. The minimum Gasteiger partial charge on any atom is -0.478 e. The Morgan fingerprint density at radius 1 is 1.09 bits per heavy atom. The number of aliphatic hydroxyl groups is 4. The Kier molecular flexibility index (Phi) is 10.1. The molecule has 0 aromatic carbocycles. The number of alkyl carbamates (subject to hydrolysis) is 1. The average molecular weight is 628 g/mol. The summed E-state index contributed by atoms with van der Waals surface area (Å²) < 4.78 is 23.5. The van der Waals surface area contributed by atoms with Gasteiger partial charge in [-0.25, -0.2) is 14.4 Å². The largest absolute Gasteiger partial charge is 0.478 e. The lowest BCUT2D eigenvalue weighted by Crippen LogP contribution is -2.49. The number of carbonyl (C=O) groups is 3. The van der Waals surface area contributed by atoms with E-state index in [0.717, 1.165) is 16.8 Å². The van der Waals surface area contributed by atoms with Crippen molar-refractivity contribution in [3.8, 4) is 0 Å². The van der Waals surface area contributed by atoms with E-state index in [9.17, 15) is 49.5 Å². The number of carbonyl (C=O) groups excluding carboxylic acids is 2. The molecule has 8 unspecified atom stereocenters. The first kappa shape index (κ1) is 33.4. The predicted octanol–water partition coefficient (Wildman–Crippen LogP) is -2.11. The Hall–Kier alpha value is -3.45. The van der Waals surface area contributed by atoms with Crippen molar-refractivity contribution < 1.29 is 58.9 Å². The molecule has 1 aliphatic carbocycles. The van der Waals surface area contributed by atoms with E-state index in [1.54, 1.807) is 20.8 Å². The number of carboxylic acid groups (broad SMARTS) is 1. The van der Waals surface area contributed by atoms with Gasteiger partial charge in [0.2, 0.25) is 0 Å². The molecule has 7 N–H and O–H groups in total. The number of aliphatic hydroxyl groups excluding tert-OH is 4. The standard InChI is InChI=1S/C27H37N3O14/c1-27(2,3)44-26(40)28-10-14-16(33)19(36)24(41-14)43-20(12-6-4-5-11(23(37)38)9-13(12)31)21-17(34)18(35)22(42-21)30-8-7-15(32)29-25(30)39/h5,7-8,12,14,16-22,24,33-36H,4,6,9-10H2,1-3H3,(H,28,40)(H,37,38)(H,29,32,39)/t12-,14?,16?,17?,18?,19?,20+,21?,22?,24?/m1/s1. The van der Waals surface area contributed by atoms with Crippen molar-refractivity contribution >= 4 is 17.8 Å². The molecule has 0 spiro atoms. The summed E-state index contributed by atoms with van der Waals surface area (Å²) in [6, 6.07) is 0.995. The SMILES string of the molecule is CC(C)(C)OC(=O)NCC1OC(O[C@H](C2OC(n3ccc(=O)[nH]c3=O)C(O)C2O)[C@@H]2CCC=C(C(=O)O)CC2=O)C(O)C1O. The van der Waals surface area contributed by atoms with Crippen LogP contribution >= 0.6 is 0 Å². The maximum atomic E-state index is 13.3. The van der Waals surface area contributed by atoms with Crippen LogP contribution < -0.4 is 16.6 Å². The Morgan fingerprint density at radius 2 is 1.80 bits per heavy atom. The van der Waals surface area contributed by atoms with Crippen LogP contribution in [0.5, 0.6) is 0 Å². The number of H-pyrrole nitrogens is 1. The Labute approximate surface area is 250 Å². The molecule has 10 atom stereocenters. The highest BCUT2D eigenvalue weighted by Gasteiger charge is 2.54. The molecular formula is C27H37N3O14. The number of hydrogen-bond acceptors (Lipinski definition) is 13. The Balaban J connectivity index is 1.59. The van der Waals surface area contributed by atoms with Crippen molar-refractivity contribution in [1.29, 1.82) is 0 Å². The van der Waals surface area contributed by atoms with Gasteiger partial charge in [-0.2, -0.15) is 0 Å². The van der Waals surface area contributed by atoms with E-state index in [4.69, 9.17) is 18.9 Å². The smallest absolute Gasteiger partial charge is 0.407 e. The first-order chi connectivity index (χ1) is 20.6. The van der Waals surface area contributed by atoms with Crippen LogP contribution in [0.15, 0.2) is 33.5 Å². The second-order valence-corrected chi connectivity index (χ2v) is 11.9. The van der Waals surface area contributed by atoms with E-state index in [-0.39, 0.29) is 25.0 Å². The van der Waals surface area contributed by atoms with Gasteiger partial charge in [0.05, 0.1) is 6.10 Å². The van der Waals surface area contributed by atoms with E-state index >= 15 is 0 Å². The molecule has 1 aromatic heterocycles. The van der Waals surface area contributed by atoms with Crippen molar-refractivity contribution in [2.75, 3.05) is 6.54 Å². The fourth-order valence-electron chi connectivity index (χ4n) is 5.36. The van der Waals surface area contributed by atoms with Crippen molar-refractivity contribution in [2.45, 2.75) is 101 Å². The van der Waals surface area contributed by atoms with Crippen LogP contribution in [0.1, 0.15) is 46.3 Å². The Morgan fingerprint density at radius 3 is 2.43 bits per heavy atom. The van der Waals surface area contributed by atoms with Crippen molar-refractivity contribution in [3.63, 3.8) is 0 Å². The summed E-state index contributed by atoms with van der Waals surface area (Å²) in [5, 5.41) is 55.1. The predicted molar refractivity (Wildman–Crippen MR) is 145 cm³/mol. The molecule has 3 aliphatic rings. The summed E-state index contributed by atoms with van der Waals surface area (Å²) in [4.78, 5) is 63.0. The topological polar surface area (TPSA) is 256 Å². The third-order valence-corrected chi connectivity index (χ3v) is 7.50. The summed E-state index contributed by atoms with van der Waals surface area (Å²) >= 11 is 0. The first-order valence-corrected chi connectivity index (χ1v) is 14.0. The minimum atomic E-state index is -1.78. The summed E-state index contributed by atoms with van der Waals surface area (Å²) in [6.07, 6.45) is -13.0. The molecular weight excluding hydrogens is 590 g/mol. The lowest BCUT2D eigenvalue weighted by Gasteiger charge is -2.34. The van der Waals surface area contributed by atoms with Gasteiger partial charge >= 0.3 is 17.8 Å². The van der Waals surface area contributed by atoms with Crippen LogP contribution in [0.4, 0.5) is 4.79 Å². The number of hydrogen-bond donors (Lipinski definition) is 7. The molecule has 44 heavy (non-hydrogen) atoms. The molecule has 2 saturated heterocycles. The minimum absolute atomic E-state index is 0.0151. The molecule has 0 saturated carbocycles. The number of aliphatic carboxylic acids is 1. The van der Waals surface area contributed by atoms with E-state index in [0.29, 0.717) is 0 Å². The van der Waals surface area contributed by atoms with Crippen LogP contribution in [-0.2, 0) is 28.5 Å². The van der Waals surface area contributed by atoms with Gasteiger partial charge in [-0.05, 0) is 33.6 Å². The molecule has 0 radical (unpaired) electrons. The average Bonchev–Trinajstić information content (AvgIpc) is 3.26. The van der Waals surface area contributed by atoms with Gasteiger partial charge in [0, 0.05) is 36.7 Å². The van der Waals surface area contributed by atoms with E-state index in [1.807, 2.05) is 4.98 Å². The van der Waals surface area contributed by atoms with Crippen molar-refractivity contribution in [1.82, 2.24) is 14.9 Å². The summed E-state index contributed by atoms with van der Waals surface area (Å²) in [7, 11) is 0. The number of nitrogens with zero attached hydrogens (tertiary/aromatic N) is 1. The van der Waals surface area contributed by atoms with Crippen LogP contribution in [0.2, 0.25) is 0 Å². The lowest BCUT2D eigenvalue weighted by molar-refractivity contribution is -0.231. The van der Waals surface area contributed by atoms with E-state index in [2.05, 4.69) is 5.32 Å². The van der Waals surface area contributed by atoms with Crippen LogP contribution in [0.3, 0.4) is 0 Å². The number of rotatable bonds is 8. The van der Waals surface area contributed by atoms with Gasteiger partial charge in [0.15, 0.2) is 12.5 Å². The van der Waals surface area contributed by atoms with Crippen molar-refractivity contribution in [2.24, 2.45) is 5.92 Å². The number of ketones is 1. The summed E-state index contributed by atoms with van der Waals surface area (Å²) in [6.45, 7) is 4.66. The fraction of sp³-hybridized carbons (Fsp3) is 0.667. The highest BCUT2D eigenvalue weighted by Crippen LogP contribution is 2.38. The van der Waals surface area contributed by atoms with Gasteiger partial charge in [0.1, 0.15) is 48.0 Å². The molecule has 2 aliphatic heterocycles. The van der Waals surface area contributed by atoms with Gasteiger partial charge in [0.25, 0.3) is 5.56 Å². The highest BCUT2D eigenvalue weighted by molar-refractivity contribution is 5.96. The molecule has 17 heteroatoms. The number of nitrogens with one attached hydrogen (secondary N) is 2. The van der Waals surface area contributed by atoms with Gasteiger partial charge in [-0.1, -0.05) is 6.08 Å². The van der Waals surface area contributed by atoms with Crippen LogP contribution in [0.25, 0.3) is 0 Å². The van der Waals surface area contributed by atoms with Gasteiger partial charge in [-0.3, -0.25) is 19.1 Å². The normalized spacial score (nSPS) is 33.4. The molecule has 3 heterocycles. The van der Waals surface area contributed by atoms with E-state index < -0.39 is 102 Å². The third-order valence-electron chi connectivity index (χ3n) is 7.50. The maximum Gasteiger partial charge on any atom is 0.407 e. The highest BCUT2D eigenvalue weighted by atomic mass is 16.7. The second kappa shape index (κ2) is 13.3. The molecule has 2 fully saturated rings. The van der Waals surface area contributed by atoms with Gasteiger partial charge in [-0.15, -0.1) is 0 Å². The summed E-state index contributed by atoms with van der Waals surface area (Å²) in [5.41, 5.74) is -2.62. The fourth-order valence-corrected chi connectivity index (χ4v) is 5.36. The monoisotopic (exact) mass is 627 g/mol. The molecule has 244 valence electrons. The zero-order valence-electron chi connectivity index (χ0n) is 24.2. The number of ether oxygens (including phenoxy) is 4. The van der Waals surface area contributed by atoms with Crippen LogP contribution in [-0.4, -0.2) is 114 Å². The molecule has 1 aromatic rings. The number of aromatic amines is 1. The molecule has 17 nitrogen and oxygen atoms in total. The Bertz CT molecular complexity index is 1380. The molecule has 0 bridgehead atoms. The molecule has 4 rings (SSSR count). The zero-order chi connectivity index (χ0) is 32.5. The molecule has 1 amide bonds. The second-order valence-electron chi connectivity index (χ2n) is 11.9. The van der Waals surface area contributed by atoms with E-state index in [1.165, 1.54) is 6.08 Å². The third kappa shape index (κ3) is 7.43. The van der Waals surface area contributed by atoms with Crippen LogP contribution in [0, 0.1) is 5.92 Å². The number of amides is 1. The first-order valence-electron chi connectivity index (χ1n) is 14.0. The number of aromatic nitrogens is 2. The lowest BCUT2D eigenvalue weighted by atomic mass is 9.86. The zero-order valence-corrected chi connectivity index (χ0v) is 24.2. The quantitative estimate of drug-likeness (QED) is 0.163. The van der Waals surface area contributed by atoms with Crippen molar-refractivity contribution in [3.05, 3.63) is 44.8 Å². The van der Waals surface area contributed by atoms with Gasteiger partial charge < -0.3 is 49.8 Å². The maximum absolute atomic E-state index is 13.3. The number of carboxylic acids is 1.